The Morgan fingerprint density at radius 1 is 1.62 bits per heavy atom. The molecule has 76 valence electrons. The fraction of sp³-hybridized carbons (Fsp3) is 0.875. The zero-order valence-corrected chi connectivity index (χ0v) is 7.64. The summed E-state index contributed by atoms with van der Waals surface area (Å²) in [4.78, 5) is 10.7. The minimum absolute atomic E-state index is 0.0967. The Kier molecular flexibility index (Phi) is 3.24. The monoisotopic (exact) mass is 190 g/mol. The molecule has 0 aromatic heterocycles. The van der Waals surface area contributed by atoms with E-state index >= 15 is 0 Å². The van der Waals surface area contributed by atoms with Gasteiger partial charge in [0.2, 0.25) is 0 Å². The molecule has 1 fully saturated rings. The number of aliphatic carboxylic acids is 1. The normalized spacial score (nSPS) is 40.2. The van der Waals surface area contributed by atoms with Crippen molar-refractivity contribution in [3.05, 3.63) is 0 Å². The van der Waals surface area contributed by atoms with Gasteiger partial charge in [-0.05, 0) is 0 Å². The third-order valence-electron chi connectivity index (χ3n) is 2.27. The second-order valence-corrected chi connectivity index (χ2v) is 3.26. The quantitative estimate of drug-likeness (QED) is 0.613. The number of ether oxygens (including phenoxy) is 2. The van der Waals surface area contributed by atoms with E-state index in [2.05, 4.69) is 0 Å². The van der Waals surface area contributed by atoms with Crippen molar-refractivity contribution < 1.29 is 24.5 Å². The SMILES string of the molecule is CO[C@@H]1C(C(=O)O)OCC(C)[C@@H]1O. The van der Waals surface area contributed by atoms with Crippen molar-refractivity contribution in [3.63, 3.8) is 0 Å². The number of carbonyl (C=O) groups is 1. The summed E-state index contributed by atoms with van der Waals surface area (Å²) in [6.45, 7) is 2.03. The Morgan fingerprint density at radius 3 is 2.69 bits per heavy atom. The fourth-order valence-electron chi connectivity index (χ4n) is 1.43. The molecule has 1 rings (SSSR count). The van der Waals surface area contributed by atoms with Crippen LogP contribution in [0.5, 0.6) is 0 Å². The van der Waals surface area contributed by atoms with E-state index in [9.17, 15) is 9.90 Å². The maximum atomic E-state index is 10.7. The van der Waals surface area contributed by atoms with Gasteiger partial charge in [-0.2, -0.15) is 0 Å². The molecule has 0 bridgehead atoms. The van der Waals surface area contributed by atoms with Crippen LogP contribution in [0.4, 0.5) is 0 Å². The van der Waals surface area contributed by atoms with E-state index in [-0.39, 0.29) is 12.5 Å². The molecule has 0 aliphatic carbocycles. The number of methoxy groups -OCH3 is 1. The van der Waals surface area contributed by atoms with Crippen molar-refractivity contribution in [2.75, 3.05) is 13.7 Å². The van der Waals surface area contributed by atoms with Crippen molar-refractivity contribution in [2.45, 2.75) is 25.2 Å². The molecule has 0 aromatic rings. The van der Waals surface area contributed by atoms with Gasteiger partial charge in [0.1, 0.15) is 6.10 Å². The highest BCUT2D eigenvalue weighted by atomic mass is 16.6. The van der Waals surface area contributed by atoms with Crippen LogP contribution in [0.2, 0.25) is 0 Å². The number of hydrogen-bond donors (Lipinski definition) is 2. The van der Waals surface area contributed by atoms with Crippen molar-refractivity contribution >= 4 is 5.97 Å². The zero-order chi connectivity index (χ0) is 10.0. The molecular formula is C8H14O5. The third-order valence-corrected chi connectivity index (χ3v) is 2.27. The van der Waals surface area contributed by atoms with Crippen molar-refractivity contribution in [3.8, 4) is 0 Å². The number of carboxylic acid groups (broad SMARTS) is 1. The lowest BCUT2D eigenvalue weighted by Crippen LogP contribution is -2.53. The van der Waals surface area contributed by atoms with Gasteiger partial charge in [0.05, 0.1) is 12.7 Å². The summed E-state index contributed by atoms with van der Waals surface area (Å²) in [5.41, 5.74) is 0. The van der Waals surface area contributed by atoms with E-state index in [0.717, 1.165) is 0 Å². The summed E-state index contributed by atoms with van der Waals surface area (Å²) in [7, 11) is 1.37. The van der Waals surface area contributed by atoms with E-state index in [1.54, 1.807) is 6.92 Å². The van der Waals surface area contributed by atoms with Crippen LogP contribution in [0.15, 0.2) is 0 Å². The average Bonchev–Trinajstić information content (AvgIpc) is 2.09. The lowest BCUT2D eigenvalue weighted by atomic mass is 9.94. The molecule has 0 aromatic carbocycles. The highest BCUT2D eigenvalue weighted by Crippen LogP contribution is 2.22. The Balaban J connectivity index is 2.71. The molecular weight excluding hydrogens is 176 g/mol. The minimum Gasteiger partial charge on any atom is -0.479 e. The Morgan fingerprint density at radius 2 is 2.23 bits per heavy atom. The summed E-state index contributed by atoms with van der Waals surface area (Å²) < 4.78 is 9.93. The molecule has 5 heteroatoms. The highest BCUT2D eigenvalue weighted by molar-refractivity contribution is 5.73. The molecule has 2 unspecified atom stereocenters. The van der Waals surface area contributed by atoms with Gasteiger partial charge >= 0.3 is 5.97 Å². The number of hydrogen-bond acceptors (Lipinski definition) is 4. The van der Waals surface area contributed by atoms with Gasteiger partial charge in [0, 0.05) is 13.0 Å². The van der Waals surface area contributed by atoms with Crippen LogP contribution in [0.25, 0.3) is 0 Å². The van der Waals surface area contributed by atoms with E-state index in [1.807, 2.05) is 0 Å². The Bertz CT molecular complexity index is 193. The lowest BCUT2D eigenvalue weighted by Gasteiger charge is -2.35. The number of carboxylic acids is 1. The van der Waals surface area contributed by atoms with Gasteiger partial charge < -0.3 is 19.7 Å². The van der Waals surface area contributed by atoms with E-state index in [1.165, 1.54) is 7.11 Å². The predicted molar refractivity (Wildman–Crippen MR) is 43.3 cm³/mol. The summed E-state index contributed by atoms with van der Waals surface area (Å²) in [5.74, 6) is -1.20. The second-order valence-electron chi connectivity index (χ2n) is 3.26. The van der Waals surface area contributed by atoms with Crippen LogP contribution in [-0.2, 0) is 14.3 Å². The topological polar surface area (TPSA) is 76.0 Å². The van der Waals surface area contributed by atoms with Gasteiger partial charge in [0.25, 0.3) is 0 Å². The predicted octanol–water partition coefficient (Wildman–Crippen LogP) is -0.518. The second kappa shape index (κ2) is 4.04. The third kappa shape index (κ3) is 1.99. The summed E-state index contributed by atoms with van der Waals surface area (Å²) in [6.07, 6.45) is -2.61. The fourth-order valence-corrected chi connectivity index (χ4v) is 1.43. The van der Waals surface area contributed by atoms with Crippen LogP contribution in [-0.4, -0.2) is 48.2 Å². The summed E-state index contributed by atoms with van der Waals surface area (Å²) in [6, 6.07) is 0. The Labute approximate surface area is 76.3 Å². The van der Waals surface area contributed by atoms with Crippen molar-refractivity contribution in [2.24, 2.45) is 5.92 Å². The number of rotatable bonds is 2. The smallest absolute Gasteiger partial charge is 0.335 e. The molecule has 1 aliphatic rings. The van der Waals surface area contributed by atoms with Gasteiger partial charge in [-0.3, -0.25) is 0 Å². The summed E-state index contributed by atoms with van der Waals surface area (Å²) in [5, 5.41) is 18.3. The van der Waals surface area contributed by atoms with E-state index < -0.39 is 24.3 Å². The van der Waals surface area contributed by atoms with Crippen LogP contribution < -0.4 is 0 Å². The molecule has 1 saturated heterocycles. The average molecular weight is 190 g/mol. The molecule has 0 radical (unpaired) electrons. The molecule has 0 saturated carbocycles. The first-order chi connectivity index (χ1) is 6.07. The largest absolute Gasteiger partial charge is 0.479 e. The van der Waals surface area contributed by atoms with Crippen LogP contribution in [0.1, 0.15) is 6.92 Å². The van der Waals surface area contributed by atoms with E-state index in [4.69, 9.17) is 14.6 Å². The Hall–Kier alpha value is -0.650. The van der Waals surface area contributed by atoms with Crippen molar-refractivity contribution in [1.82, 2.24) is 0 Å². The van der Waals surface area contributed by atoms with Crippen LogP contribution in [0.3, 0.4) is 0 Å². The standard InChI is InChI=1S/C8H14O5/c1-4-3-13-7(8(10)11)6(12-2)5(4)9/h4-7,9H,3H2,1-2H3,(H,10,11)/t4?,5-,6-,7?/m0/s1. The zero-order valence-electron chi connectivity index (χ0n) is 7.64. The molecule has 13 heavy (non-hydrogen) atoms. The highest BCUT2D eigenvalue weighted by Gasteiger charge is 2.41. The van der Waals surface area contributed by atoms with Crippen molar-refractivity contribution in [1.29, 1.82) is 0 Å². The number of aliphatic hydroxyl groups excluding tert-OH is 1. The molecule has 2 N–H and O–H groups in total. The molecule has 1 heterocycles. The molecule has 0 amide bonds. The van der Waals surface area contributed by atoms with Gasteiger partial charge in [-0.1, -0.05) is 6.92 Å². The molecule has 4 atom stereocenters. The molecule has 1 aliphatic heterocycles. The molecule has 0 spiro atoms. The first-order valence-electron chi connectivity index (χ1n) is 4.13. The van der Waals surface area contributed by atoms with E-state index in [0.29, 0.717) is 0 Å². The maximum Gasteiger partial charge on any atom is 0.335 e. The van der Waals surface area contributed by atoms with Gasteiger partial charge in [-0.15, -0.1) is 0 Å². The minimum atomic E-state index is -1.10. The first-order valence-corrected chi connectivity index (χ1v) is 4.13. The molecule has 5 nitrogen and oxygen atoms in total. The van der Waals surface area contributed by atoms with Crippen LogP contribution in [0, 0.1) is 5.92 Å². The lowest BCUT2D eigenvalue weighted by molar-refractivity contribution is -0.193. The van der Waals surface area contributed by atoms with Gasteiger partial charge in [0.15, 0.2) is 6.10 Å². The summed E-state index contributed by atoms with van der Waals surface area (Å²) >= 11 is 0. The number of aliphatic hydroxyl groups is 1. The van der Waals surface area contributed by atoms with Crippen LogP contribution >= 0.6 is 0 Å². The first kappa shape index (κ1) is 10.4. The van der Waals surface area contributed by atoms with Gasteiger partial charge in [-0.25, -0.2) is 4.79 Å². The maximum absolute atomic E-state index is 10.7.